The first-order chi connectivity index (χ1) is 7.99. The van der Waals surface area contributed by atoms with Gasteiger partial charge >= 0.3 is 5.97 Å². The molecule has 2 aromatic rings. The van der Waals surface area contributed by atoms with E-state index in [9.17, 15) is 19.5 Å². The molecule has 0 radical (unpaired) electrons. The van der Waals surface area contributed by atoms with Crippen LogP contribution in [0, 0.1) is 0 Å². The maximum Gasteiger partial charge on any atom is 0.352 e. The third-order valence-electron chi connectivity index (χ3n) is 2.27. The largest absolute Gasteiger partial charge is 0.504 e. The van der Waals surface area contributed by atoms with E-state index in [0.717, 1.165) is 18.2 Å². The summed E-state index contributed by atoms with van der Waals surface area (Å²) in [5, 5.41) is 18.1. The minimum atomic E-state index is -1.28. The quantitative estimate of drug-likeness (QED) is 0.656. The van der Waals surface area contributed by atoms with Gasteiger partial charge in [-0.05, 0) is 18.2 Å². The van der Waals surface area contributed by atoms with Crippen molar-refractivity contribution in [1.82, 2.24) is 4.98 Å². The third kappa shape index (κ3) is 1.87. The average molecular weight is 233 g/mol. The zero-order valence-electron chi connectivity index (χ0n) is 8.43. The zero-order chi connectivity index (χ0) is 12.6. The van der Waals surface area contributed by atoms with Crippen LogP contribution in [0.3, 0.4) is 0 Å². The van der Waals surface area contributed by atoms with Gasteiger partial charge in [0.1, 0.15) is 5.69 Å². The highest BCUT2D eigenvalue weighted by molar-refractivity contribution is 5.89. The lowest BCUT2D eigenvalue weighted by molar-refractivity contribution is 0.0691. The Labute approximate surface area is 93.8 Å². The molecule has 3 N–H and O–H groups in total. The number of rotatable bonds is 1. The monoisotopic (exact) mass is 233 g/mol. The predicted octanol–water partition coefficient (Wildman–Crippen LogP) is 0.292. The second-order valence-electron chi connectivity index (χ2n) is 3.41. The molecule has 17 heavy (non-hydrogen) atoms. The molecule has 1 aromatic carbocycles. The van der Waals surface area contributed by atoms with Crippen molar-refractivity contribution in [3.8, 4) is 5.75 Å². The van der Waals surface area contributed by atoms with Gasteiger partial charge in [0.05, 0.1) is 5.52 Å². The van der Waals surface area contributed by atoms with E-state index in [-0.39, 0.29) is 16.6 Å². The number of hydrogen-bond donors (Lipinski definition) is 3. The van der Waals surface area contributed by atoms with Gasteiger partial charge in [-0.25, -0.2) is 4.79 Å². The Balaban J connectivity index is 2.98. The van der Waals surface area contributed by atoms with Crippen LogP contribution in [0.4, 0.5) is 0 Å². The number of H-pyrrole nitrogens is 1. The highest BCUT2D eigenvalue weighted by Crippen LogP contribution is 2.09. The molecule has 86 valence electrons. The predicted molar refractivity (Wildman–Crippen MR) is 59.5 cm³/mol. The van der Waals surface area contributed by atoms with Gasteiger partial charge in [0, 0.05) is 11.5 Å². The van der Waals surface area contributed by atoms with Gasteiger partial charge in [0.25, 0.3) is 0 Å². The van der Waals surface area contributed by atoms with Crippen molar-refractivity contribution in [3.63, 3.8) is 0 Å². The van der Waals surface area contributed by atoms with E-state index in [4.69, 9.17) is 5.11 Å². The van der Waals surface area contributed by atoms with Gasteiger partial charge in [-0.2, -0.15) is 0 Å². The van der Waals surface area contributed by atoms with Crippen molar-refractivity contribution >= 4 is 16.9 Å². The molecule has 0 unspecified atom stereocenters. The normalized spacial score (nSPS) is 10.4. The van der Waals surface area contributed by atoms with Gasteiger partial charge in [-0.1, -0.05) is 0 Å². The summed E-state index contributed by atoms with van der Waals surface area (Å²) in [5.74, 6) is -1.84. The summed E-state index contributed by atoms with van der Waals surface area (Å²) in [6, 6.07) is 4.22. The van der Waals surface area contributed by atoms with E-state index in [1.807, 2.05) is 0 Å². The van der Waals surface area contributed by atoms with Gasteiger partial charge in [-0.15, -0.1) is 0 Å². The maximum absolute atomic E-state index is 11.6. The summed E-state index contributed by atoms with van der Waals surface area (Å²) in [7, 11) is 0. The number of carbonyl (C=O) groups is 1. The number of aromatic amines is 1. The second-order valence-corrected chi connectivity index (χ2v) is 3.41. The van der Waals surface area contributed by atoms with Crippen molar-refractivity contribution in [2.45, 2.75) is 0 Å². The van der Waals surface area contributed by atoms with Crippen LogP contribution in [0.2, 0.25) is 0 Å². The first-order valence-electron chi connectivity index (χ1n) is 4.62. The van der Waals surface area contributed by atoms with Crippen LogP contribution in [0.15, 0.2) is 33.9 Å². The molecule has 6 heteroatoms. The van der Waals surface area contributed by atoms with Crippen LogP contribution in [0.5, 0.6) is 5.75 Å². The highest BCUT2D eigenvalue weighted by Gasteiger charge is 2.08. The minimum Gasteiger partial charge on any atom is -0.504 e. The molecule has 0 aliphatic carbocycles. The molecular formula is C11H7NO5. The molecule has 0 atom stereocenters. The smallest absolute Gasteiger partial charge is 0.352 e. The van der Waals surface area contributed by atoms with Gasteiger partial charge in [0.15, 0.2) is 11.2 Å². The summed E-state index contributed by atoms with van der Waals surface area (Å²) < 4.78 is 0. The Hall–Kier alpha value is -2.63. The number of aromatic carboxylic acids is 1. The van der Waals surface area contributed by atoms with Crippen molar-refractivity contribution in [2.75, 3.05) is 0 Å². The molecule has 2 rings (SSSR count). The Morgan fingerprint density at radius 3 is 2.47 bits per heavy atom. The lowest BCUT2D eigenvalue weighted by atomic mass is 10.2. The number of aromatic nitrogens is 1. The fraction of sp³-hybridized carbons (Fsp3) is 0. The van der Waals surface area contributed by atoms with Crippen LogP contribution in [0.25, 0.3) is 10.9 Å². The maximum atomic E-state index is 11.6. The van der Waals surface area contributed by atoms with E-state index in [1.54, 1.807) is 0 Å². The number of fused-ring (bicyclic) bond motifs is 1. The summed E-state index contributed by atoms with van der Waals surface area (Å²) in [5.41, 5.74) is -1.33. The first-order valence-corrected chi connectivity index (χ1v) is 4.62. The number of nitrogens with one attached hydrogen (secondary N) is 1. The number of aromatic hydroxyl groups is 1. The molecule has 1 aromatic heterocycles. The van der Waals surface area contributed by atoms with Gasteiger partial charge in [-0.3, -0.25) is 9.59 Å². The summed E-state index contributed by atoms with van der Waals surface area (Å²) >= 11 is 0. The van der Waals surface area contributed by atoms with Gasteiger partial charge < -0.3 is 15.2 Å². The zero-order valence-corrected chi connectivity index (χ0v) is 8.43. The van der Waals surface area contributed by atoms with Crippen molar-refractivity contribution < 1.29 is 15.0 Å². The summed E-state index contributed by atoms with van der Waals surface area (Å²) in [4.78, 5) is 36.0. The topological polar surface area (TPSA) is 107 Å². The standard InChI is InChI=1S/C11H7NO5/c13-8-2-1-6-5(3-10(8)15)9(14)4-7(12-6)11(16)17/h1-4H,(H,12,14)(H,13,15)(H,16,17). The van der Waals surface area contributed by atoms with Crippen LogP contribution < -0.4 is 10.9 Å². The molecule has 1 heterocycles. The van der Waals surface area contributed by atoms with Crippen LogP contribution in [-0.2, 0) is 0 Å². The number of pyridine rings is 1. The lowest BCUT2D eigenvalue weighted by Crippen LogP contribution is -2.08. The highest BCUT2D eigenvalue weighted by atomic mass is 16.4. The number of hydrogen-bond acceptors (Lipinski definition) is 4. The molecule has 0 spiro atoms. The van der Waals surface area contributed by atoms with Crippen LogP contribution >= 0.6 is 0 Å². The Bertz CT molecular complexity index is 732. The molecule has 0 fully saturated rings. The molecular weight excluding hydrogens is 226 g/mol. The van der Waals surface area contributed by atoms with E-state index >= 15 is 0 Å². The molecule has 0 saturated heterocycles. The number of carboxylic acids is 1. The Morgan fingerprint density at radius 2 is 1.82 bits per heavy atom. The molecule has 0 bridgehead atoms. The van der Waals surface area contributed by atoms with Crippen LogP contribution in [-0.4, -0.2) is 21.2 Å². The van der Waals surface area contributed by atoms with Gasteiger partial charge in [0.2, 0.25) is 5.43 Å². The van der Waals surface area contributed by atoms with E-state index in [2.05, 4.69) is 4.98 Å². The molecule has 0 aliphatic rings. The second kappa shape index (κ2) is 3.75. The first kappa shape index (κ1) is 10.9. The molecule has 0 saturated carbocycles. The molecule has 6 nitrogen and oxygen atoms in total. The summed E-state index contributed by atoms with van der Waals surface area (Å²) in [6.07, 6.45) is 0. The SMILES string of the molecule is O=C(O)c1cc(=O)c2cc(O)c(=O)ccc2[nH]1. The molecule has 0 amide bonds. The minimum absolute atomic E-state index is 0.0506. The van der Waals surface area contributed by atoms with Crippen LogP contribution in [0.1, 0.15) is 10.5 Å². The van der Waals surface area contributed by atoms with Crippen molar-refractivity contribution in [1.29, 1.82) is 0 Å². The van der Waals surface area contributed by atoms with Crippen molar-refractivity contribution in [3.05, 3.63) is 50.4 Å². The number of carboxylic acid groups (broad SMARTS) is 1. The van der Waals surface area contributed by atoms with Crippen molar-refractivity contribution in [2.24, 2.45) is 0 Å². The van der Waals surface area contributed by atoms with E-state index < -0.39 is 22.6 Å². The average Bonchev–Trinajstić information content (AvgIpc) is 2.41. The van der Waals surface area contributed by atoms with E-state index in [1.165, 1.54) is 6.07 Å². The fourth-order valence-corrected chi connectivity index (χ4v) is 1.44. The molecule has 0 aliphatic heterocycles. The Morgan fingerprint density at radius 1 is 1.12 bits per heavy atom. The van der Waals surface area contributed by atoms with E-state index in [0.29, 0.717) is 0 Å². The third-order valence-corrected chi connectivity index (χ3v) is 2.27. The summed E-state index contributed by atoms with van der Waals surface area (Å²) in [6.45, 7) is 0. The fourth-order valence-electron chi connectivity index (χ4n) is 1.44. The Kier molecular flexibility index (Phi) is 2.40. The lowest BCUT2D eigenvalue weighted by Gasteiger charge is -1.96.